The van der Waals surface area contributed by atoms with Crippen LogP contribution in [0.25, 0.3) is 16.2 Å². The summed E-state index contributed by atoms with van der Waals surface area (Å²) in [7, 11) is -4.04. The van der Waals surface area contributed by atoms with Crippen LogP contribution >= 0.6 is 11.3 Å². The number of benzene rings is 2. The fraction of sp³-hybridized carbons (Fsp3) is 0.0556. The molecule has 0 aliphatic carbocycles. The molecule has 0 radical (unpaired) electrons. The summed E-state index contributed by atoms with van der Waals surface area (Å²) in [4.78, 5) is 10.6. The zero-order valence-corrected chi connectivity index (χ0v) is 16.0. The van der Waals surface area contributed by atoms with E-state index in [1.807, 2.05) is 29.6 Å². The number of hydrogen-bond acceptors (Lipinski definition) is 4. The molecule has 0 unspecified atom stereocenters. The Morgan fingerprint density at radius 3 is 2.38 bits per heavy atom. The first-order valence-corrected chi connectivity index (χ1v) is 10.0. The summed E-state index contributed by atoms with van der Waals surface area (Å²) in [6, 6.07) is 9.38. The molecule has 0 saturated carbocycles. The average Bonchev–Trinajstić information content (AvgIpc) is 3.02. The molecule has 0 aliphatic rings. The first-order chi connectivity index (χ1) is 13.4. The minimum absolute atomic E-state index is 0.236. The van der Waals surface area contributed by atoms with Crippen LogP contribution in [-0.4, -0.2) is 18.9 Å². The Kier molecular flexibility index (Phi) is 6.77. The van der Waals surface area contributed by atoms with Crippen molar-refractivity contribution >= 4 is 43.5 Å². The number of fused-ring (bicyclic) bond motifs is 1. The molecular formula is C18H13F4NO4S2. The Labute approximate surface area is 166 Å². The van der Waals surface area contributed by atoms with Crippen molar-refractivity contribution in [2.75, 3.05) is 0 Å². The molecule has 2 aromatic carbocycles. The number of primary amides is 1. The van der Waals surface area contributed by atoms with Gasteiger partial charge in [0.05, 0.1) is 16.5 Å². The smallest absolute Gasteiger partial charge is 0.366 e. The molecule has 11 heteroatoms. The van der Waals surface area contributed by atoms with Crippen molar-refractivity contribution in [3.8, 4) is 0 Å². The zero-order valence-electron chi connectivity index (χ0n) is 14.4. The molecule has 3 N–H and O–H groups in total. The van der Waals surface area contributed by atoms with Crippen LogP contribution in [0.5, 0.6) is 0 Å². The lowest BCUT2D eigenvalue weighted by atomic mass is 10.1. The molecule has 1 amide bonds. The van der Waals surface area contributed by atoms with Gasteiger partial charge in [-0.1, -0.05) is 18.2 Å². The SMILES string of the molecule is NC(=O)c1ccc(F)cc1C(F)(F)F.O=S(=O)(O)/C=C/c1csc2ccccc12. The molecule has 0 saturated heterocycles. The van der Waals surface area contributed by atoms with E-state index < -0.39 is 39.1 Å². The lowest BCUT2D eigenvalue weighted by molar-refractivity contribution is -0.138. The molecule has 0 aliphatic heterocycles. The van der Waals surface area contributed by atoms with Crippen molar-refractivity contribution in [1.29, 1.82) is 0 Å². The fourth-order valence-electron chi connectivity index (χ4n) is 2.25. The van der Waals surface area contributed by atoms with Gasteiger partial charge < -0.3 is 5.73 Å². The van der Waals surface area contributed by atoms with Crippen LogP contribution < -0.4 is 5.73 Å². The number of rotatable bonds is 3. The highest BCUT2D eigenvalue weighted by atomic mass is 32.2. The van der Waals surface area contributed by atoms with Crippen molar-refractivity contribution in [2.24, 2.45) is 5.73 Å². The average molecular weight is 447 g/mol. The third kappa shape index (κ3) is 6.38. The fourth-order valence-corrected chi connectivity index (χ4v) is 3.50. The van der Waals surface area contributed by atoms with Gasteiger partial charge in [0.25, 0.3) is 10.1 Å². The van der Waals surface area contributed by atoms with E-state index in [-0.39, 0.29) is 6.07 Å². The van der Waals surface area contributed by atoms with Gasteiger partial charge in [-0.25, -0.2) is 4.39 Å². The van der Waals surface area contributed by atoms with Crippen LogP contribution in [0.2, 0.25) is 0 Å². The molecule has 3 aromatic rings. The van der Waals surface area contributed by atoms with E-state index in [0.717, 1.165) is 27.1 Å². The summed E-state index contributed by atoms with van der Waals surface area (Å²) in [5.74, 6) is -2.31. The van der Waals surface area contributed by atoms with Crippen molar-refractivity contribution in [2.45, 2.75) is 6.18 Å². The van der Waals surface area contributed by atoms with Gasteiger partial charge in [-0.2, -0.15) is 21.6 Å². The number of hydrogen-bond donors (Lipinski definition) is 2. The lowest BCUT2D eigenvalue weighted by Gasteiger charge is -2.09. The van der Waals surface area contributed by atoms with Crippen LogP contribution in [0.4, 0.5) is 17.6 Å². The summed E-state index contributed by atoms with van der Waals surface area (Å²) < 4.78 is 79.9. The summed E-state index contributed by atoms with van der Waals surface area (Å²) in [5, 5.41) is 3.64. The zero-order chi connectivity index (χ0) is 21.8. The molecular weight excluding hydrogens is 434 g/mol. The van der Waals surface area contributed by atoms with Gasteiger partial charge in [0.15, 0.2) is 0 Å². The minimum Gasteiger partial charge on any atom is -0.366 e. The number of thiophene rings is 1. The summed E-state index contributed by atoms with van der Waals surface area (Å²) in [5.41, 5.74) is 3.41. The van der Waals surface area contributed by atoms with Crippen LogP contribution in [0, 0.1) is 5.82 Å². The number of amides is 1. The summed E-state index contributed by atoms with van der Waals surface area (Å²) in [6.45, 7) is 0. The first kappa shape index (κ1) is 22.5. The van der Waals surface area contributed by atoms with Gasteiger partial charge in [0.2, 0.25) is 5.91 Å². The normalized spacial score (nSPS) is 12.0. The number of nitrogens with two attached hydrogens (primary N) is 1. The number of carbonyl (C=O) groups excluding carboxylic acids is 1. The largest absolute Gasteiger partial charge is 0.417 e. The maximum Gasteiger partial charge on any atom is 0.417 e. The molecule has 3 rings (SSSR count). The van der Waals surface area contributed by atoms with E-state index in [2.05, 4.69) is 0 Å². The predicted octanol–water partition coefficient (Wildman–Crippen LogP) is 4.70. The Balaban J connectivity index is 0.000000208. The molecule has 0 bridgehead atoms. The number of halogens is 4. The number of carbonyl (C=O) groups is 1. The maximum atomic E-state index is 12.5. The predicted molar refractivity (Wildman–Crippen MR) is 102 cm³/mol. The van der Waals surface area contributed by atoms with Gasteiger partial charge >= 0.3 is 6.18 Å². The lowest BCUT2D eigenvalue weighted by Crippen LogP contribution is -2.18. The topological polar surface area (TPSA) is 97.5 Å². The second kappa shape index (κ2) is 8.72. The quantitative estimate of drug-likeness (QED) is 0.449. The Morgan fingerprint density at radius 2 is 1.79 bits per heavy atom. The molecule has 0 spiro atoms. The second-order valence-electron chi connectivity index (χ2n) is 5.56. The van der Waals surface area contributed by atoms with Crippen LogP contribution in [0.15, 0.2) is 53.3 Å². The van der Waals surface area contributed by atoms with Crippen molar-refractivity contribution in [3.63, 3.8) is 0 Å². The summed E-state index contributed by atoms with van der Waals surface area (Å²) >= 11 is 1.54. The highest BCUT2D eigenvalue weighted by Crippen LogP contribution is 2.32. The van der Waals surface area contributed by atoms with Crippen LogP contribution in [0.3, 0.4) is 0 Å². The van der Waals surface area contributed by atoms with E-state index in [1.54, 1.807) is 0 Å². The standard InChI is InChI=1S/C10H8O3S2.C8H5F4NO/c11-15(12,13)6-5-8-7-14-10-4-2-1-3-9(8)10;9-4-1-2-5(7(13)14)6(3-4)8(10,11)12/h1-7H,(H,11,12,13);1-3H,(H2,13,14)/b6-5+;. The Morgan fingerprint density at radius 1 is 1.14 bits per heavy atom. The maximum absolute atomic E-state index is 12.5. The third-order valence-electron chi connectivity index (χ3n) is 3.48. The molecule has 29 heavy (non-hydrogen) atoms. The molecule has 0 fully saturated rings. The molecule has 1 heterocycles. The van der Waals surface area contributed by atoms with E-state index in [4.69, 9.17) is 10.3 Å². The highest BCUT2D eigenvalue weighted by molar-refractivity contribution is 7.88. The third-order valence-corrected chi connectivity index (χ3v) is 4.94. The van der Waals surface area contributed by atoms with Crippen LogP contribution in [-0.2, 0) is 16.3 Å². The van der Waals surface area contributed by atoms with Crippen LogP contribution in [0.1, 0.15) is 21.5 Å². The highest BCUT2D eigenvalue weighted by Gasteiger charge is 2.35. The van der Waals surface area contributed by atoms with E-state index in [1.165, 1.54) is 17.4 Å². The monoisotopic (exact) mass is 447 g/mol. The Hall–Kier alpha value is -2.76. The van der Waals surface area contributed by atoms with E-state index in [0.29, 0.717) is 6.07 Å². The molecule has 1 aromatic heterocycles. The van der Waals surface area contributed by atoms with Gasteiger partial charge in [-0.15, -0.1) is 11.3 Å². The van der Waals surface area contributed by atoms with E-state index >= 15 is 0 Å². The van der Waals surface area contributed by atoms with Crippen molar-refractivity contribution < 1.29 is 35.3 Å². The molecule has 154 valence electrons. The van der Waals surface area contributed by atoms with Crippen molar-refractivity contribution in [1.82, 2.24) is 0 Å². The second-order valence-corrected chi connectivity index (χ2v) is 7.77. The molecule has 0 atom stereocenters. The van der Waals surface area contributed by atoms with Crippen molar-refractivity contribution in [3.05, 3.63) is 75.8 Å². The minimum atomic E-state index is -4.79. The van der Waals surface area contributed by atoms with Gasteiger partial charge in [0.1, 0.15) is 5.82 Å². The Bertz CT molecular complexity index is 1170. The van der Waals surface area contributed by atoms with Gasteiger partial charge in [-0.05, 0) is 46.7 Å². The van der Waals surface area contributed by atoms with Gasteiger partial charge in [-0.3, -0.25) is 9.35 Å². The molecule has 5 nitrogen and oxygen atoms in total. The van der Waals surface area contributed by atoms with E-state index in [9.17, 15) is 30.8 Å². The number of alkyl halides is 3. The van der Waals surface area contributed by atoms with Gasteiger partial charge in [0, 0.05) is 4.70 Å². The summed E-state index contributed by atoms with van der Waals surface area (Å²) in [6.07, 6.45) is -3.39. The first-order valence-electron chi connectivity index (χ1n) is 7.67.